The maximum absolute atomic E-state index is 11.8. The molecule has 0 unspecified atom stereocenters. The normalized spacial score (nSPS) is 29.6. The van der Waals surface area contributed by atoms with E-state index in [-0.39, 0.29) is 5.78 Å². The van der Waals surface area contributed by atoms with Gasteiger partial charge < -0.3 is 9.84 Å². The number of carbonyl (C=O) groups excluding carboxylic acids is 2. The Kier molecular flexibility index (Phi) is 4.87. The van der Waals surface area contributed by atoms with Gasteiger partial charge in [-0.2, -0.15) is 0 Å². The lowest BCUT2D eigenvalue weighted by molar-refractivity contribution is -0.139. The molecule has 0 amide bonds. The Morgan fingerprint density at radius 2 is 2.35 bits per heavy atom. The number of ketones is 1. The molecule has 1 aliphatic carbocycles. The van der Waals surface area contributed by atoms with E-state index in [9.17, 15) is 14.7 Å². The molecule has 0 heterocycles. The van der Waals surface area contributed by atoms with Gasteiger partial charge in [0.1, 0.15) is 5.78 Å². The molecule has 0 aromatic carbocycles. The molecule has 4 nitrogen and oxygen atoms in total. The Morgan fingerprint density at radius 3 is 2.94 bits per heavy atom. The Bertz CT molecular complexity index is 321. The van der Waals surface area contributed by atoms with Gasteiger partial charge in [0.25, 0.3) is 0 Å². The summed E-state index contributed by atoms with van der Waals surface area (Å²) in [6.45, 7) is 1.81. The number of methoxy groups -OCH3 is 1. The Balaban J connectivity index is 2.51. The highest BCUT2D eigenvalue weighted by molar-refractivity contribution is 5.86. The third-order valence-electron chi connectivity index (χ3n) is 3.54. The van der Waals surface area contributed by atoms with Crippen molar-refractivity contribution < 1.29 is 19.4 Å². The van der Waals surface area contributed by atoms with Gasteiger partial charge in [-0.25, -0.2) is 4.79 Å². The zero-order valence-electron chi connectivity index (χ0n) is 10.4. The average molecular weight is 240 g/mol. The lowest BCUT2D eigenvalue weighted by atomic mass is 9.69. The minimum absolute atomic E-state index is 0.128. The fraction of sp³-hybridized carbons (Fsp3) is 0.692. The van der Waals surface area contributed by atoms with Crippen LogP contribution in [0, 0.1) is 5.41 Å². The zero-order chi connectivity index (χ0) is 12.9. The van der Waals surface area contributed by atoms with Crippen molar-refractivity contribution in [1.29, 1.82) is 0 Å². The molecule has 2 atom stereocenters. The number of hydrogen-bond donors (Lipinski definition) is 1. The number of carbonyl (C=O) groups is 2. The van der Waals surface area contributed by atoms with E-state index >= 15 is 0 Å². The number of rotatable bonds is 4. The number of hydrogen-bond acceptors (Lipinski definition) is 4. The van der Waals surface area contributed by atoms with E-state index < -0.39 is 17.5 Å². The lowest BCUT2D eigenvalue weighted by Crippen LogP contribution is -2.43. The van der Waals surface area contributed by atoms with Gasteiger partial charge in [-0.05, 0) is 25.7 Å². The average Bonchev–Trinajstić information content (AvgIpc) is 2.31. The topological polar surface area (TPSA) is 63.6 Å². The monoisotopic (exact) mass is 240 g/mol. The molecule has 96 valence electrons. The summed E-state index contributed by atoms with van der Waals surface area (Å²) in [7, 11) is 1.32. The smallest absolute Gasteiger partial charge is 0.330 e. The predicted molar refractivity (Wildman–Crippen MR) is 63.4 cm³/mol. The third kappa shape index (κ3) is 3.40. The summed E-state index contributed by atoms with van der Waals surface area (Å²) in [6.07, 6.45) is 5.64. The van der Waals surface area contributed by atoms with Gasteiger partial charge >= 0.3 is 5.97 Å². The molecule has 0 aliphatic heterocycles. The highest BCUT2D eigenvalue weighted by atomic mass is 16.5. The second-order valence-corrected chi connectivity index (χ2v) is 4.71. The molecule has 0 aromatic heterocycles. The first-order valence-corrected chi connectivity index (χ1v) is 5.96. The largest absolute Gasteiger partial charge is 0.466 e. The summed E-state index contributed by atoms with van der Waals surface area (Å²) >= 11 is 0. The molecule has 0 saturated heterocycles. The maximum Gasteiger partial charge on any atom is 0.330 e. The van der Waals surface area contributed by atoms with E-state index in [1.807, 2.05) is 6.92 Å². The van der Waals surface area contributed by atoms with Crippen LogP contribution < -0.4 is 0 Å². The second kappa shape index (κ2) is 5.96. The minimum Gasteiger partial charge on any atom is -0.466 e. The molecule has 0 radical (unpaired) electrons. The van der Waals surface area contributed by atoms with Crippen LogP contribution in [-0.2, 0) is 14.3 Å². The van der Waals surface area contributed by atoms with Gasteiger partial charge in [0.2, 0.25) is 0 Å². The van der Waals surface area contributed by atoms with Gasteiger partial charge in [0.05, 0.1) is 18.6 Å². The van der Waals surface area contributed by atoms with Crippen LogP contribution in [0.2, 0.25) is 0 Å². The van der Waals surface area contributed by atoms with Gasteiger partial charge in [-0.15, -0.1) is 0 Å². The third-order valence-corrected chi connectivity index (χ3v) is 3.54. The van der Waals surface area contributed by atoms with Crippen molar-refractivity contribution in [2.24, 2.45) is 5.41 Å². The molecule has 1 saturated carbocycles. The zero-order valence-corrected chi connectivity index (χ0v) is 10.4. The van der Waals surface area contributed by atoms with E-state index in [1.165, 1.54) is 13.2 Å². The standard InChI is InChI=1S/C13H20O4/c1-13(9-4-3-8-12(16)17-2)10(14)6-5-7-11(13)15/h3,8,10,14H,4-7,9H2,1-2H3/b8-3+/t10-,13+/m0/s1. The van der Waals surface area contributed by atoms with E-state index in [0.717, 1.165) is 6.42 Å². The van der Waals surface area contributed by atoms with E-state index in [0.29, 0.717) is 25.7 Å². The molecule has 1 aliphatic rings. The summed E-state index contributed by atoms with van der Waals surface area (Å²) < 4.78 is 4.47. The maximum atomic E-state index is 11.8. The molecular formula is C13H20O4. The molecule has 0 bridgehead atoms. The van der Waals surface area contributed by atoms with E-state index in [4.69, 9.17) is 0 Å². The molecule has 1 rings (SSSR count). The summed E-state index contributed by atoms with van der Waals surface area (Å²) in [5, 5.41) is 9.92. The minimum atomic E-state index is -0.654. The fourth-order valence-electron chi connectivity index (χ4n) is 2.18. The highest BCUT2D eigenvalue weighted by Crippen LogP contribution is 2.37. The van der Waals surface area contributed by atoms with Crippen molar-refractivity contribution in [3.63, 3.8) is 0 Å². The summed E-state index contributed by atoms with van der Waals surface area (Å²) in [5.41, 5.74) is -0.654. The lowest BCUT2D eigenvalue weighted by Gasteiger charge is -2.36. The van der Waals surface area contributed by atoms with Gasteiger partial charge in [-0.1, -0.05) is 13.0 Å². The van der Waals surface area contributed by atoms with Crippen LogP contribution >= 0.6 is 0 Å². The van der Waals surface area contributed by atoms with Crippen LogP contribution in [-0.4, -0.2) is 30.1 Å². The molecular weight excluding hydrogens is 220 g/mol. The Hall–Kier alpha value is -1.16. The second-order valence-electron chi connectivity index (χ2n) is 4.71. The summed E-state index contributed by atoms with van der Waals surface area (Å²) in [4.78, 5) is 22.7. The molecule has 1 fully saturated rings. The Morgan fingerprint density at radius 1 is 1.65 bits per heavy atom. The van der Waals surface area contributed by atoms with Crippen molar-refractivity contribution in [3.05, 3.63) is 12.2 Å². The fourth-order valence-corrected chi connectivity index (χ4v) is 2.18. The van der Waals surface area contributed by atoms with Crippen molar-refractivity contribution in [2.75, 3.05) is 7.11 Å². The summed E-state index contributed by atoms with van der Waals surface area (Å²) in [6, 6.07) is 0. The first-order chi connectivity index (χ1) is 8.00. The first-order valence-electron chi connectivity index (χ1n) is 5.96. The number of allylic oxidation sites excluding steroid dienone is 1. The van der Waals surface area contributed by atoms with Crippen LogP contribution in [0.1, 0.15) is 39.0 Å². The quantitative estimate of drug-likeness (QED) is 0.599. The Labute approximate surface area is 102 Å². The van der Waals surface area contributed by atoms with Crippen LogP contribution in [0.5, 0.6) is 0 Å². The van der Waals surface area contributed by atoms with Gasteiger partial charge in [-0.3, -0.25) is 4.79 Å². The summed E-state index contributed by atoms with van der Waals surface area (Å²) in [5.74, 6) is -0.270. The van der Waals surface area contributed by atoms with E-state index in [1.54, 1.807) is 6.08 Å². The van der Waals surface area contributed by atoms with Crippen molar-refractivity contribution >= 4 is 11.8 Å². The molecule has 0 spiro atoms. The number of Topliss-reactive ketones (excluding diaryl/α,β-unsaturated/α-hetero) is 1. The van der Waals surface area contributed by atoms with Gasteiger partial charge in [0.15, 0.2) is 0 Å². The van der Waals surface area contributed by atoms with Crippen LogP contribution in [0.25, 0.3) is 0 Å². The number of ether oxygens (including phenoxy) is 1. The van der Waals surface area contributed by atoms with Crippen LogP contribution in [0.3, 0.4) is 0 Å². The van der Waals surface area contributed by atoms with Crippen molar-refractivity contribution in [3.8, 4) is 0 Å². The van der Waals surface area contributed by atoms with Gasteiger partial charge in [0, 0.05) is 12.5 Å². The molecule has 0 aromatic rings. The predicted octanol–water partition coefficient (Wildman–Crippen LogP) is 1.62. The first kappa shape index (κ1) is 13.9. The van der Waals surface area contributed by atoms with Crippen molar-refractivity contribution in [1.82, 2.24) is 0 Å². The SMILES string of the molecule is COC(=O)/C=C/CC[C@@]1(C)C(=O)CCC[C@@H]1O. The number of aliphatic hydroxyl groups is 1. The van der Waals surface area contributed by atoms with Crippen LogP contribution in [0.4, 0.5) is 0 Å². The molecule has 17 heavy (non-hydrogen) atoms. The highest BCUT2D eigenvalue weighted by Gasteiger charge is 2.41. The number of aliphatic hydroxyl groups excluding tert-OH is 1. The van der Waals surface area contributed by atoms with Crippen molar-refractivity contribution in [2.45, 2.75) is 45.1 Å². The molecule has 1 N–H and O–H groups in total. The molecule has 4 heteroatoms. The van der Waals surface area contributed by atoms with E-state index in [2.05, 4.69) is 4.74 Å². The van der Waals surface area contributed by atoms with Crippen LogP contribution in [0.15, 0.2) is 12.2 Å². The number of esters is 1.